The van der Waals surface area contributed by atoms with Gasteiger partial charge in [-0.15, -0.1) is 0 Å². The second-order valence-electron chi connectivity index (χ2n) is 9.04. The lowest BCUT2D eigenvalue weighted by molar-refractivity contribution is -0.192. The first-order chi connectivity index (χ1) is 13.8. The lowest BCUT2D eigenvalue weighted by Crippen LogP contribution is -2.50. The number of hydrogen-bond donors (Lipinski definition) is 0. The van der Waals surface area contributed by atoms with Gasteiger partial charge in [0.05, 0.1) is 22.9 Å². The molecule has 1 aliphatic carbocycles. The number of rotatable bonds is 5. The van der Waals surface area contributed by atoms with Crippen LogP contribution in [-0.4, -0.2) is 33.5 Å². The highest BCUT2D eigenvalue weighted by molar-refractivity contribution is 7.86. The van der Waals surface area contributed by atoms with Gasteiger partial charge in [-0.2, -0.15) is 10.2 Å². The Kier molecular flexibility index (Phi) is 5.64. The molecule has 29 heavy (non-hydrogen) atoms. The standard InChI is InChI=1S/C22H30N2O4S/c1-13(2)17-11-10-14(3)12-18(17)27-21-22(29(26)16-8-6-5-7-9-16)19(20(25)28-21)15(4)23-24-22/h5-9,13-15,17-19,21H,10-12H2,1-4H3/t14-,15-,17+,18-,19+,21+,22-,29?/m1/s1. The number of carbonyl (C=O) groups is 1. The number of esters is 1. The predicted octanol–water partition coefficient (Wildman–Crippen LogP) is 4.32. The molecule has 6 nitrogen and oxygen atoms in total. The van der Waals surface area contributed by atoms with Crippen molar-refractivity contribution >= 4 is 16.8 Å². The molecule has 7 heteroatoms. The third kappa shape index (κ3) is 3.46. The average molecular weight is 419 g/mol. The molecule has 0 spiro atoms. The number of carbonyl (C=O) groups excluding carboxylic acids is 1. The molecule has 8 atom stereocenters. The van der Waals surface area contributed by atoms with E-state index in [1.165, 1.54) is 6.42 Å². The Labute approximate surface area is 174 Å². The van der Waals surface area contributed by atoms with Gasteiger partial charge in [-0.1, -0.05) is 45.4 Å². The number of cyclic esters (lactones) is 1. The molecule has 0 radical (unpaired) electrons. The van der Waals surface area contributed by atoms with E-state index >= 15 is 0 Å². The largest absolute Gasteiger partial charge is 0.431 e. The minimum atomic E-state index is -1.62. The Hall–Kier alpha value is -1.60. The highest BCUT2D eigenvalue weighted by Crippen LogP contribution is 2.50. The Balaban J connectivity index is 1.69. The Morgan fingerprint density at radius 1 is 1.21 bits per heavy atom. The molecule has 2 aliphatic heterocycles. The number of nitrogens with zero attached hydrogens (tertiary/aromatic N) is 2. The molecule has 1 saturated heterocycles. The van der Waals surface area contributed by atoms with Crippen molar-refractivity contribution in [2.75, 3.05) is 0 Å². The van der Waals surface area contributed by atoms with Crippen LogP contribution in [0.1, 0.15) is 47.0 Å². The van der Waals surface area contributed by atoms with Crippen molar-refractivity contribution in [1.82, 2.24) is 0 Å². The normalized spacial score (nSPS) is 40.1. The van der Waals surface area contributed by atoms with Crippen molar-refractivity contribution in [3.63, 3.8) is 0 Å². The van der Waals surface area contributed by atoms with E-state index in [-0.39, 0.29) is 12.1 Å². The maximum Gasteiger partial charge on any atom is 0.317 e. The van der Waals surface area contributed by atoms with E-state index in [9.17, 15) is 9.00 Å². The molecule has 1 saturated carbocycles. The summed E-state index contributed by atoms with van der Waals surface area (Å²) in [5.41, 5.74) is 0. The monoisotopic (exact) mass is 418 g/mol. The first kappa shape index (κ1) is 20.7. The molecule has 4 rings (SSSR count). The van der Waals surface area contributed by atoms with Gasteiger partial charge in [0.2, 0.25) is 11.2 Å². The molecule has 1 aromatic rings. The fourth-order valence-corrected chi connectivity index (χ4v) is 6.71. The molecular weight excluding hydrogens is 388 g/mol. The van der Waals surface area contributed by atoms with Gasteiger partial charge < -0.3 is 9.47 Å². The smallest absolute Gasteiger partial charge is 0.317 e. The lowest BCUT2D eigenvalue weighted by Gasteiger charge is -2.39. The van der Waals surface area contributed by atoms with Crippen molar-refractivity contribution in [2.45, 2.75) is 75.2 Å². The summed E-state index contributed by atoms with van der Waals surface area (Å²) in [4.78, 5) is 12.1. The first-order valence-corrected chi connectivity index (χ1v) is 11.7. The summed E-state index contributed by atoms with van der Waals surface area (Å²) in [6, 6.07) is 8.74. The van der Waals surface area contributed by atoms with E-state index in [0.29, 0.717) is 22.6 Å². The Morgan fingerprint density at radius 2 is 1.93 bits per heavy atom. The van der Waals surface area contributed by atoms with E-state index in [1.54, 1.807) is 12.1 Å². The van der Waals surface area contributed by atoms with Crippen LogP contribution >= 0.6 is 0 Å². The van der Waals surface area contributed by atoms with E-state index < -0.39 is 33.8 Å². The molecule has 1 unspecified atom stereocenters. The van der Waals surface area contributed by atoms with Crippen LogP contribution in [0.3, 0.4) is 0 Å². The zero-order valence-electron chi connectivity index (χ0n) is 17.5. The van der Waals surface area contributed by atoms with Crippen molar-refractivity contribution in [1.29, 1.82) is 0 Å². The Morgan fingerprint density at radius 3 is 2.62 bits per heavy atom. The van der Waals surface area contributed by atoms with Crippen molar-refractivity contribution in [3.05, 3.63) is 30.3 Å². The molecule has 158 valence electrons. The average Bonchev–Trinajstić information content (AvgIpc) is 3.19. The minimum Gasteiger partial charge on any atom is -0.431 e. The topological polar surface area (TPSA) is 77.3 Å². The highest BCUT2D eigenvalue weighted by atomic mass is 32.2. The molecule has 3 aliphatic rings. The van der Waals surface area contributed by atoms with Crippen LogP contribution in [-0.2, 0) is 25.1 Å². The van der Waals surface area contributed by atoms with Crippen LogP contribution in [0.4, 0.5) is 0 Å². The summed E-state index contributed by atoms with van der Waals surface area (Å²) in [6.45, 7) is 8.46. The first-order valence-electron chi connectivity index (χ1n) is 10.6. The number of azo groups is 1. The predicted molar refractivity (Wildman–Crippen MR) is 109 cm³/mol. The van der Waals surface area contributed by atoms with Crippen LogP contribution in [0, 0.1) is 23.7 Å². The van der Waals surface area contributed by atoms with Gasteiger partial charge in [0.1, 0.15) is 5.92 Å². The molecular formula is C22H30N2O4S. The quantitative estimate of drug-likeness (QED) is 0.667. The third-order valence-electron chi connectivity index (χ3n) is 6.65. The van der Waals surface area contributed by atoms with Gasteiger partial charge in [0.25, 0.3) is 0 Å². The SMILES string of the molecule is CC(C)[C@@H]1CC[C@@H](C)C[C@H]1O[C@H]1OC(=O)[C@@H]2[C@@H](C)N=N[C@]12S(=O)c1ccccc1. The van der Waals surface area contributed by atoms with Crippen molar-refractivity contribution < 1.29 is 18.5 Å². The second kappa shape index (κ2) is 7.91. The summed E-state index contributed by atoms with van der Waals surface area (Å²) in [5, 5.41) is 8.68. The summed E-state index contributed by atoms with van der Waals surface area (Å²) in [7, 11) is -1.62. The summed E-state index contributed by atoms with van der Waals surface area (Å²) in [5.74, 6) is 0.276. The molecule has 0 bridgehead atoms. The maximum atomic E-state index is 13.7. The molecule has 0 N–H and O–H groups in total. The number of benzene rings is 1. The number of ether oxygens (including phenoxy) is 2. The zero-order chi connectivity index (χ0) is 20.8. The van der Waals surface area contributed by atoms with Gasteiger partial charge in [0, 0.05) is 4.90 Å². The van der Waals surface area contributed by atoms with E-state index in [2.05, 4.69) is 31.0 Å². The zero-order valence-corrected chi connectivity index (χ0v) is 18.3. The van der Waals surface area contributed by atoms with Crippen LogP contribution in [0.15, 0.2) is 45.5 Å². The fraction of sp³-hybridized carbons (Fsp3) is 0.682. The molecule has 2 fully saturated rings. The molecule has 0 aromatic heterocycles. The van der Waals surface area contributed by atoms with Crippen LogP contribution in [0.5, 0.6) is 0 Å². The van der Waals surface area contributed by atoms with Gasteiger partial charge in [-0.3, -0.25) is 9.00 Å². The van der Waals surface area contributed by atoms with E-state index in [4.69, 9.17) is 9.47 Å². The van der Waals surface area contributed by atoms with Crippen LogP contribution < -0.4 is 0 Å². The van der Waals surface area contributed by atoms with Crippen molar-refractivity contribution in [2.24, 2.45) is 33.9 Å². The molecule has 2 heterocycles. The van der Waals surface area contributed by atoms with E-state index in [1.807, 2.05) is 25.1 Å². The summed E-state index contributed by atoms with van der Waals surface area (Å²) >= 11 is 0. The summed E-state index contributed by atoms with van der Waals surface area (Å²) < 4.78 is 25.9. The Bertz CT molecular complexity index is 814. The van der Waals surface area contributed by atoms with E-state index in [0.717, 1.165) is 12.8 Å². The van der Waals surface area contributed by atoms with Gasteiger partial charge in [-0.05, 0) is 49.7 Å². The molecule has 1 aromatic carbocycles. The second-order valence-corrected chi connectivity index (χ2v) is 10.7. The number of fused-ring (bicyclic) bond motifs is 1. The minimum absolute atomic E-state index is 0.0499. The number of hydrogen-bond acceptors (Lipinski definition) is 6. The maximum absolute atomic E-state index is 13.7. The molecule has 0 amide bonds. The van der Waals surface area contributed by atoms with Gasteiger partial charge in [0.15, 0.2) is 0 Å². The third-order valence-corrected chi connectivity index (χ3v) is 8.48. The summed E-state index contributed by atoms with van der Waals surface area (Å²) in [6.07, 6.45) is 2.13. The fourth-order valence-electron chi connectivity index (χ4n) is 5.01. The highest BCUT2D eigenvalue weighted by Gasteiger charge is 2.68. The van der Waals surface area contributed by atoms with Crippen LogP contribution in [0.2, 0.25) is 0 Å². The van der Waals surface area contributed by atoms with Gasteiger partial charge >= 0.3 is 5.97 Å². The van der Waals surface area contributed by atoms with Gasteiger partial charge in [-0.25, -0.2) is 0 Å². The van der Waals surface area contributed by atoms with Crippen molar-refractivity contribution in [3.8, 4) is 0 Å². The lowest BCUT2D eigenvalue weighted by atomic mass is 9.75. The van der Waals surface area contributed by atoms with Crippen LogP contribution in [0.25, 0.3) is 0 Å².